The van der Waals surface area contributed by atoms with Gasteiger partial charge >= 0.3 is 11.1 Å². The van der Waals surface area contributed by atoms with Crippen LogP contribution in [-0.4, -0.2) is 47.9 Å². The third-order valence-electron chi connectivity index (χ3n) is 5.81. The predicted octanol–water partition coefficient (Wildman–Crippen LogP) is 5.16. The minimum Gasteiger partial charge on any atom is -0.411 e. The molecule has 0 radical (unpaired) electrons. The molecule has 1 unspecified atom stereocenters. The van der Waals surface area contributed by atoms with Crippen molar-refractivity contribution >= 4 is 25.7 Å². The highest BCUT2D eigenvalue weighted by Crippen LogP contribution is 2.38. The molecule has 1 aliphatic heterocycles. The lowest BCUT2D eigenvalue weighted by atomic mass is 10.1. The van der Waals surface area contributed by atoms with Crippen molar-refractivity contribution in [3.05, 3.63) is 21.6 Å². The van der Waals surface area contributed by atoms with E-state index in [1.165, 1.54) is 6.20 Å². The predicted molar refractivity (Wildman–Crippen MR) is 115 cm³/mol. The standard InChI is InChI=1S/C19H34ClN3O5Si/c1-7-14(28-29(5,6)19(2,3)4)15(27-17-10-8-9-11-26-17)12-22-13-16(23(24)25)21-18(22)20/h13-15,17H,7-12H2,1-6H3/t14-,15-,17?/m1/s1. The lowest BCUT2D eigenvalue weighted by Gasteiger charge is -2.42. The summed E-state index contributed by atoms with van der Waals surface area (Å²) < 4.78 is 20.3. The third kappa shape index (κ3) is 6.49. The summed E-state index contributed by atoms with van der Waals surface area (Å²) in [5.74, 6) is -0.277. The van der Waals surface area contributed by atoms with Crippen LogP contribution >= 0.6 is 11.6 Å². The van der Waals surface area contributed by atoms with Crippen LogP contribution in [0.2, 0.25) is 23.4 Å². The van der Waals surface area contributed by atoms with Crippen LogP contribution < -0.4 is 0 Å². The molecule has 1 saturated heterocycles. The van der Waals surface area contributed by atoms with E-state index in [0.717, 1.165) is 25.7 Å². The summed E-state index contributed by atoms with van der Waals surface area (Å²) in [6, 6.07) is 0. The van der Waals surface area contributed by atoms with Gasteiger partial charge in [-0.3, -0.25) is 4.57 Å². The number of hydrogen-bond acceptors (Lipinski definition) is 6. The van der Waals surface area contributed by atoms with Crippen molar-refractivity contribution in [2.75, 3.05) is 6.61 Å². The second kappa shape index (κ2) is 9.87. The summed E-state index contributed by atoms with van der Waals surface area (Å²) in [6.45, 7) is 14.1. The van der Waals surface area contributed by atoms with Crippen LogP contribution in [0.4, 0.5) is 5.82 Å². The molecule has 2 rings (SSSR count). The number of rotatable bonds is 9. The second-order valence-corrected chi connectivity index (χ2v) is 14.2. The Balaban J connectivity index is 2.26. The molecule has 0 amide bonds. The highest BCUT2D eigenvalue weighted by atomic mass is 35.5. The molecule has 0 spiro atoms. The maximum atomic E-state index is 11.1. The zero-order chi connectivity index (χ0) is 21.8. The lowest BCUT2D eigenvalue weighted by molar-refractivity contribution is -0.389. The van der Waals surface area contributed by atoms with Crippen LogP contribution in [0.1, 0.15) is 53.4 Å². The van der Waals surface area contributed by atoms with Gasteiger partial charge < -0.3 is 24.0 Å². The van der Waals surface area contributed by atoms with Gasteiger partial charge in [-0.1, -0.05) is 27.7 Å². The molecule has 2 heterocycles. The lowest BCUT2D eigenvalue weighted by Crippen LogP contribution is -2.49. The average molecular weight is 448 g/mol. The molecule has 0 bridgehead atoms. The van der Waals surface area contributed by atoms with E-state index in [1.807, 2.05) is 0 Å². The number of nitrogens with zero attached hydrogens (tertiary/aromatic N) is 3. The van der Waals surface area contributed by atoms with Crippen molar-refractivity contribution in [1.82, 2.24) is 9.55 Å². The molecule has 1 aromatic heterocycles. The highest BCUT2D eigenvalue weighted by Gasteiger charge is 2.41. The van der Waals surface area contributed by atoms with E-state index in [2.05, 4.69) is 45.8 Å². The van der Waals surface area contributed by atoms with Gasteiger partial charge in [0, 0.05) is 6.61 Å². The number of ether oxygens (including phenoxy) is 2. The molecule has 0 saturated carbocycles. The monoisotopic (exact) mass is 447 g/mol. The molecule has 0 N–H and O–H groups in total. The van der Waals surface area contributed by atoms with Gasteiger partial charge in [-0.2, -0.15) is 0 Å². The van der Waals surface area contributed by atoms with Gasteiger partial charge in [0.25, 0.3) is 0 Å². The van der Waals surface area contributed by atoms with E-state index >= 15 is 0 Å². The van der Waals surface area contributed by atoms with Crippen molar-refractivity contribution < 1.29 is 18.8 Å². The van der Waals surface area contributed by atoms with Gasteiger partial charge in [0.2, 0.25) is 0 Å². The number of imidazole rings is 1. The summed E-state index contributed by atoms with van der Waals surface area (Å²) in [5, 5.41) is 11.2. The molecule has 10 heteroatoms. The normalized spacial score (nSPS) is 20.4. The first-order valence-electron chi connectivity index (χ1n) is 10.3. The maximum Gasteiger partial charge on any atom is 0.383 e. The number of nitro groups is 1. The minimum absolute atomic E-state index is 0.0533. The van der Waals surface area contributed by atoms with Gasteiger partial charge in [-0.25, -0.2) is 0 Å². The van der Waals surface area contributed by atoms with Crippen LogP contribution in [-0.2, 0) is 20.4 Å². The van der Waals surface area contributed by atoms with Crippen LogP contribution in [0, 0.1) is 10.1 Å². The van der Waals surface area contributed by atoms with Crippen molar-refractivity contribution in [2.45, 2.75) is 96.6 Å². The van der Waals surface area contributed by atoms with Crippen molar-refractivity contribution in [2.24, 2.45) is 0 Å². The summed E-state index contributed by atoms with van der Waals surface area (Å²) >= 11 is 6.16. The first-order valence-corrected chi connectivity index (χ1v) is 13.5. The molecule has 1 aromatic rings. The summed E-state index contributed by atoms with van der Waals surface area (Å²) in [5.41, 5.74) is 0. The number of hydrogen-bond donors (Lipinski definition) is 0. The molecule has 0 aromatic carbocycles. The first kappa shape index (κ1) is 24.3. The fourth-order valence-corrected chi connectivity index (χ4v) is 4.66. The first-order chi connectivity index (χ1) is 13.4. The molecular formula is C19H34ClN3O5Si. The van der Waals surface area contributed by atoms with E-state index in [-0.39, 0.29) is 34.6 Å². The Hall–Kier alpha value is -1.00. The zero-order valence-corrected chi connectivity index (χ0v) is 20.1. The summed E-state index contributed by atoms with van der Waals surface area (Å²) in [4.78, 5) is 14.3. The molecule has 3 atom stereocenters. The maximum absolute atomic E-state index is 11.1. The van der Waals surface area contributed by atoms with E-state index in [4.69, 9.17) is 25.5 Å². The van der Waals surface area contributed by atoms with Crippen molar-refractivity contribution in [3.63, 3.8) is 0 Å². The number of halogens is 1. The van der Waals surface area contributed by atoms with Gasteiger partial charge in [0.15, 0.2) is 14.6 Å². The molecule has 8 nitrogen and oxygen atoms in total. The molecule has 29 heavy (non-hydrogen) atoms. The Morgan fingerprint density at radius 3 is 2.59 bits per heavy atom. The van der Waals surface area contributed by atoms with Crippen molar-refractivity contribution in [3.8, 4) is 0 Å². The summed E-state index contributed by atoms with van der Waals surface area (Å²) in [6.07, 6.45) is 4.16. The molecule has 1 fully saturated rings. The van der Waals surface area contributed by atoms with Gasteiger partial charge in [0.1, 0.15) is 12.3 Å². The van der Waals surface area contributed by atoms with Crippen molar-refractivity contribution in [1.29, 1.82) is 0 Å². The van der Waals surface area contributed by atoms with Gasteiger partial charge in [-0.15, -0.1) is 0 Å². The Labute approximate surface area is 179 Å². The van der Waals surface area contributed by atoms with Crippen LogP contribution in [0.25, 0.3) is 0 Å². The van der Waals surface area contributed by atoms with Crippen LogP contribution in [0.15, 0.2) is 6.20 Å². The molecular weight excluding hydrogens is 414 g/mol. The fraction of sp³-hybridized carbons (Fsp3) is 0.842. The molecule has 0 aliphatic carbocycles. The summed E-state index contributed by atoms with van der Waals surface area (Å²) in [7, 11) is -2.05. The smallest absolute Gasteiger partial charge is 0.383 e. The molecule has 1 aliphatic rings. The SMILES string of the molecule is CC[C@@H](O[Si](C)(C)C(C)(C)C)[C@@H](Cn1cc([N+](=O)[O-])nc1Cl)OC1CCCCO1. The Bertz CT molecular complexity index is 686. The Morgan fingerprint density at radius 2 is 2.10 bits per heavy atom. The highest BCUT2D eigenvalue weighted by molar-refractivity contribution is 6.74. The van der Waals surface area contributed by atoms with Crippen LogP contribution in [0.3, 0.4) is 0 Å². The number of aromatic nitrogens is 2. The van der Waals surface area contributed by atoms with E-state index in [9.17, 15) is 10.1 Å². The van der Waals surface area contributed by atoms with Gasteiger partial charge in [0.05, 0.1) is 12.6 Å². The fourth-order valence-electron chi connectivity index (χ4n) is 3.03. The Kier molecular flexibility index (Phi) is 8.26. The van der Waals surface area contributed by atoms with Gasteiger partial charge in [-0.05, 0) is 65.3 Å². The van der Waals surface area contributed by atoms with E-state index in [1.54, 1.807) is 4.57 Å². The molecule has 166 valence electrons. The second-order valence-electron chi connectivity index (χ2n) is 9.07. The average Bonchev–Trinajstić information content (AvgIpc) is 3.00. The van der Waals surface area contributed by atoms with Crippen LogP contribution in [0.5, 0.6) is 0 Å². The Morgan fingerprint density at radius 1 is 1.41 bits per heavy atom. The quantitative estimate of drug-likeness (QED) is 0.295. The third-order valence-corrected chi connectivity index (χ3v) is 10.6. The van der Waals surface area contributed by atoms with E-state index < -0.39 is 13.2 Å². The van der Waals surface area contributed by atoms with E-state index in [0.29, 0.717) is 13.2 Å². The topological polar surface area (TPSA) is 88.7 Å². The minimum atomic E-state index is -2.05. The zero-order valence-electron chi connectivity index (χ0n) is 18.3. The largest absolute Gasteiger partial charge is 0.411 e.